The van der Waals surface area contributed by atoms with Crippen LogP contribution < -0.4 is 9.64 Å². The highest BCUT2D eigenvalue weighted by molar-refractivity contribution is 5.97. The summed E-state index contributed by atoms with van der Waals surface area (Å²) in [5.41, 5.74) is 3.63. The molecule has 0 spiro atoms. The number of carbonyl (C=O) groups excluding carboxylic acids is 1. The van der Waals surface area contributed by atoms with Crippen LogP contribution in [-0.4, -0.2) is 18.6 Å². The summed E-state index contributed by atoms with van der Waals surface area (Å²) in [6.07, 6.45) is 1.52. The van der Waals surface area contributed by atoms with E-state index in [0.717, 1.165) is 30.8 Å². The van der Waals surface area contributed by atoms with Crippen LogP contribution in [0.15, 0.2) is 48.5 Å². The summed E-state index contributed by atoms with van der Waals surface area (Å²) < 4.78 is 5.92. The number of para-hydroxylation sites is 1. The number of amides is 1. The van der Waals surface area contributed by atoms with Gasteiger partial charge in [-0.1, -0.05) is 51.1 Å². The second-order valence-electron chi connectivity index (χ2n) is 7.76. The molecule has 1 aliphatic rings. The molecule has 0 radical (unpaired) electrons. The predicted molar refractivity (Wildman–Crippen MR) is 102 cm³/mol. The third-order valence-corrected chi connectivity index (χ3v) is 4.76. The molecule has 0 aliphatic carbocycles. The zero-order valence-corrected chi connectivity index (χ0v) is 15.6. The van der Waals surface area contributed by atoms with Crippen molar-refractivity contribution in [2.45, 2.75) is 52.1 Å². The SMILES string of the molecule is C[C@@H](Oc1ccc(C(C)(C)C)cc1)C(=O)N1CCCc2ccccc21. The fourth-order valence-corrected chi connectivity index (χ4v) is 3.27. The molecule has 3 heteroatoms. The van der Waals surface area contributed by atoms with Crippen LogP contribution >= 0.6 is 0 Å². The number of anilines is 1. The maximum Gasteiger partial charge on any atom is 0.267 e. The summed E-state index contributed by atoms with van der Waals surface area (Å²) >= 11 is 0. The van der Waals surface area contributed by atoms with Crippen LogP contribution in [0.3, 0.4) is 0 Å². The number of fused-ring (bicyclic) bond motifs is 1. The number of hydrogen-bond donors (Lipinski definition) is 0. The standard InChI is InChI=1S/C22H27NO2/c1-16(25-19-13-11-18(12-14-19)22(2,3)4)21(24)23-15-7-9-17-8-5-6-10-20(17)23/h5-6,8,10-14,16H,7,9,15H2,1-4H3/t16-/m1/s1. The molecule has 25 heavy (non-hydrogen) atoms. The van der Waals surface area contributed by atoms with Crippen molar-refractivity contribution >= 4 is 11.6 Å². The summed E-state index contributed by atoms with van der Waals surface area (Å²) in [5.74, 6) is 0.756. The van der Waals surface area contributed by atoms with Crippen molar-refractivity contribution in [3.8, 4) is 5.75 Å². The van der Waals surface area contributed by atoms with Gasteiger partial charge in [0.25, 0.3) is 5.91 Å². The third kappa shape index (κ3) is 3.87. The topological polar surface area (TPSA) is 29.5 Å². The van der Waals surface area contributed by atoms with Crippen molar-refractivity contribution in [2.24, 2.45) is 0 Å². The minimum Gasteiger partial charge on any atom is -0.481 e. The number of benzene rings is 2. The molecule has 2 aromatic rings. The molecule has 0 saturated carbocycles. The number of aryl methyl sites for hydroxylation is 1. The Balaban J connectivity index is 1.71. The summed E-state index contributed by atoms with van der Waals surface area (Å²) in [6.45, 7) is 9.14. The Morgan fingerprint density at radius 3 is 2.44 bits per heavy atom. The van der Waals surface area contributed by atoms with Crippen molar-refractivity contribution in [1.29, 1.82) is 0 Å². The van der Waals surface area contributed by atoms with Crippen LogP contribution in [0, 0.1) is 0 Å². The van der Waals surface area contributed by atoms with E-state index in [1.807, 2.05) is 42.2 Å². The minimum absolute atomic E-state index is 0.0204. The molecule has 2 aromatic carbocycles. The Bertz CT molecular complexity index is 743. The summed E-state index contributed by atoms with van der Waals surface area (Å²) in [6, 6.07) is 16.2. The molecule has 0 fully saturated rings. The lowest BCUT2D eigenvalue weighted by Gasteiger charge is -2.31. The van der Waals surface area contributed by atoms with Gasteiger partial charge in [0.1, 0.15) is 5.75 Å². The molecular weight excluding hydrogens is 310 g/mol. The Labute approximate surface area is 150 Å². The average Bonchev–Trinajstić information content (AvgIpc) is 2.60. The molecule has 1 amide bonds. The van der Waals surface area contributed by atoms with E-state index in [1.165, 1.54) is 11.1 Å². The van der Waals surface area contributed by atoms with E-state index in [9.17, 15) is 4.79 Å². The summed E-state index contributed by atoms with van der Waals surface area (Å²) in [4.78, 5) is 14.8. The molecule has 1 atom stereocenters. The highest BCUT2D eigenvalue weighted by atomic mass is 16.5. The Kier molecular flexibility index (Phi) is 4.85. The van der Waals surface area contributed by atoms with Crippen molar-refractivity contribution in [3.63, 3.8) is 0 Å². The number of ether oxygens (including phenoxy) is 1. The summed E-state index contributed by atoms with van der Waals surface area (Å²) in [5, 5.41) is 0. The highest BCUT2D eigenvalue weighted by Crippen LogP contribution is 2.28. The number of carbonyl (C=O) groups is 1. The van der Waals surface area contributed by atoms with Crippen molar-refractivity contribution in [2.75, 3.05) is 11.4 Å². The molecule has 1 aliphatic heterocycles. The molecule has 132 valence electrons. The van der Waals surface area contributed by atoms with Gasteiger partial charge in [-0.2, -0.15) is 0 Å². The van der Waals surface area contributed by atoms with Crippen LogP contribution in [0.25, 0.3) is 0 Å². The fraction of sp³-hybridized carbons (Fsp3) is 0.409. The Morgan fingerprint density at radius 1 is 1.08 bits per heavy atom. The lowest BCUT2D eigenvalue weighted by molar-refractivity contribution is -0.124. The first kappa shape index (κ1) is 17.5. The number of hydrogen-bond acceptors (Lipinski definition) is 2. The normalized spacial score (nSPS) is 15.4. The monoisotopic (exact) mass is 337 g/mol. The van der Waals surface area contributed by atoms with Gasteiger partial charge < -0.3 is 9.64 Å². The largest absolute Gasteiger partial charge is 0.481 e. The van der Waals surface area contributed by atoms with Crippen LogP contribution in [0.2, 0.25) is 0 Å². The van der Waals surface area contributed by atoms with E-state index < -0.39 is 6.10 Å². The zero-order chi connectivity index (χ0) is 18.0. The molecule has 3 nitrogen and oxygen atoms in total. The molecule has 1 heterocycles. The van der Waals surface area contributed by atoms with Gasteiger partial charge in [0, 0.05) is 12.2 Å². The first-order valence-corrected chi connectivity index (χ1v) is 9.03. The third-order valence-electron chi connectivity index (χ3n) is 4.76. The maximum absolute atomic E-state index is 12.9. The average molecular weight is 337 g/mol. The van der Waals surface area contributed by atoms with E-state index in [2.05, 4.69) is 39.0 Å². The van der Waals surface area contributed by atoms with Gasteiger partial charge in [-0.05, 0) is 54.5 Å². The second-order valence-corrected chi connectivity index (χ2v) is 7.76. The van der Waals surface area contributed by atoms with E-state index in [0.29, 0.717) is 0 Å². The molecule has 0 saturated heterocycles. The van der Waals surface area contributed by atoms with Crippen LogP contribution in [0.4, 0.5) is 5.69 Å². The van der Waals surface area contributed by atoms with Gasteiger partial charge in [-0.25, -0.2) is 0 Å². The lowest BCUT2D eigenvalue weighted by atomic mass is 9.87. The Morgan fingerprint density at radius 2 is 1.76 bits per heavy atom. The quantitative estimate of drug-likeness (QED) is 0.810. The molecule has 3 rings (SSSR count). The molecular formula is C22H27NO2. The van der Waals surface area contributed by atoms with Crippen LogP contribution in [0.1, 0.15) is 45.2 Å². The van der Waals surface area contributed by atoms with Gasteiger partial charge in [-0.15, -0.1) is 0 Å². The molecule has 0 unspecified atom stereocenters. The van der Waals surface area contributed by atoms with Gasteiger partial charge in [0.15, 0.2) is 6.10 Å². The number of nitrogens with zero attached hydrogens (tertiary/aromatic N) is 1. The second kappa shape index (κ2) is 6.91. The zero-order valence-electron chi connectivity index (χ0n) is 15.6. The van der Waals surface area contributed by atoms with Gasteiger partial charge in [0.05, 0.1) is 0 Å². The predicted octanol–water partition coefficient (Wildman–Crippen LogP) is 4.73. The van der Waals surface area contributed by atoms with Crippen molar-refractivity contribution in [3.05, 3.63) is 59.7 Å². The highest BCUT2D eigenvalue weighted by Gasteiger charge is 2.27. The first-order valence-electron chi connectivity index (χ1n) is 9.03. The van der Waals surface area contributed by atoms with Gasteiger partial charge >= 0.3 is 0 Å². The van der Waals surface area contributed by atoms with Crippen molar-refractivity contribution in [1.82, 2.24) is 0 Å². The lowest BCUT2D eigenvalue weighted by Crippen LogP contribution is -2.43. The molecule has 0 N–H and O–H groups in total. The van der Waals surface area contributed by atoms with Crippen molar-refractivity contribution < 1.29 is 9.53 Å². The minimum atomic E-state index is -0.508. The molecule has 0 bridgehead atoms. The van der Waals surface area contributed by atoms with Gasteiger partial charge in [-0.3, -0.25) is 4.79 Å². The first-order chi connectivity index (χ1) is 11.9. The van der Waals surface area contributed by atoms with Crippen LogP contribution in [0.5, 0.6) is 5.75 Å². The summed E-state index contributed by atoms with van der Waals surface area (Å²) in [7, 11) is 0. The Hall–Kier alpha value is -2.29. The fourth-order valence-electron chi connectivity index (χ4n) is 3.27. The number of rotatable bonds is 3. The van der Waals surface area contributed by atoms with Gasteiger partial charge in [0.2, 0.25) is 0 Å². The van der Waals surface area contributed by atoms with E-state index >= 15 is 0 Å². The smallest absolute Gasteiger partial charge is 0.267 e. The van der Waals surface area contributed by atoms with Crippen LogP contribution in [-0.2, 0) is 16.6 Å². The molecule has 0 aromatic heterocycles. The van der Waals surface area contributed by atoms with E-state index in [-0.39, 0.29) is 11.3 Å². The maximum atomic E-state index is 12.9. The van der Waals surface area contributed by atoms with E-state index in [1.54, 1.807) is 0 Å². The van der Waals surface area contributed by atoms with E-state index in [4.69, 9.17) is 4.74 Å².